The van der Waals surface area contributed by atoms with Crippen LogP contribution >= 0.6 is 0 Å². The molecule has 1 aliphatic heterocycles. The van der Waals surface area contributed by atoms with Gasteiger partial charge in [-0.05, 0) is 36.6 Å². The zero-order chi connectivity index (χ0) is 17.8. The minimum absolute atomic E-state index is 0.0469. The van der Waals surface area contributed by atoms with Gasteiger partial charge >= 0.3 is 0 Å². The van der Waals surface area contributed by atoms with Gasteiger partial charge in [0.15, 0.2) is 0 Å². The minimum atomic E-state index is -0.522. The molecule has 2 aromatic heterocycles. The smallest absolute Gasteiger partial charge is 0.244 e. The molecule has 2 amide bonds. The molecule has 6 heteroatoms. The number of aromatic nitrogens is 2. The van der Waals surface area contributed by atoms with E-state index < -0.39 is 5.91 Å². The Balaban J connectivity index is 2.10. The Labute approximate surface area is 146 Å². The van der Waals surface area contributed by atoms with Gasteiger partial charge in [-0.2, -0.15) is 0 Å². The molecule has 0 saturated carbocycles. The number of nitrogens with one attached hydrogen (secondary N) is 1. The van der Waals surface area contributed by atoms with Crippen molar-refractivity contribution < 1.29 is 9.59 Å². The quantitative estimate of drug-likeness (QED) is 0.824. The molecule has 1 aliphatic rings. The Hall–Kier alpha value is -3.02. The van der Waals surface area contributed by atoms with Gasteiger partial charge in [0.1, 0.15) is 0 Å². The molecule has 0 radical (unpaired) electrons. The Morgan fingerprint density at radius 2 is 2.12 bits per heavy atom. The fraction of sp³-hybridized carbons (Fsp3) is 0.263. The molecule has 2 aromatic rings. The fourth-order valence-electron chi connectivity index (χ4n) is 3.07. The third kappa shape index (κ3) is 3.74. The molecule has 1 atom stereocenters. The Morgan fingerprint density at radius 3 is 2.92 bits per heavy atom. The van der Waals surface area contributed by atoms with Gasteiger partial charge in [0, 0.05) is 41.6 Å². The number of rotatable bonds is 2. The predicted octanol–water partition coefficient (Wildman–Crippen LogP) is 2.78. The number of primary amides is 1. The van der Waals surface area contributed by atoms with Gasteiger partial charge in [0.2, 0.25) is 11.8 Å². The molecule has 2 bridgehead atoms. The van der Waals surface area contributed by atoms with Crippen molar-refractivity contribution in [3.8, 4) is 11.1 Å². The van der Waals surface area contributed by atoms with E-state index in [1.54, 1.807) is 18.6 Å². The van der Waals surface area contributed by atoms with Gasteiger partial charge in [-0.1, -0.05) is 13.0 Å². The second-order valence-electron chi connectivity index (χ2n) is 6.13. The second-order valence-corrected chi connectivity index (χ2v) is 6.13. The van der Waals surface area contributed by atoms with Crippen molar-refractivity contribution in [1.82, 2.24) is 9.97 Å². The van der Waals surface area contributed by atoms with Crippen molar-refractivity contribution in [2.24, 2.45) is 5.73 Å². The lowest BCUT2D eigenvalue weighted by Crippen LogP contribution is -2.20. The maximum atomic E-state index is 12.2. The lowest BCUT2D eigenvalue weighted by molar-refractivity contribution is -0.116. The van der Waals surface area contributed by atoms with Crippen LogP contribution in [0.1, 0.15) is 37.3 Å². The topological polar surface area (TPSA) is 98.0 Å². The molecule has 0 spiro atoms. The highest BCUT2D eigenvalue weighted by atomic mass is 16.1. The van der Waals surface area contributed by atoms with Crippen molar-refractivity contribution in [3.63, 3.8) is 0 Å². The maximum Gasteiger partial charge on any atom is 0.244 e. The lowest BCUT2D eigenvalue weighted by atomic mass is 9.88. The summed E-state index contributed by atoms with van der Waals surface area (Å²) in [6.07, 6.45) is 7.58. The zero-order valence-corrected chi connectivity index (χ0v) is 13.9. The highest BCUT2D eigenvalue weighted by molar-refractivity contribution is 5.95. The van der Waals surface area contributed by atoms with E-state index in [2.05, 4.69) is 21.9 Å². The SMILES string of the molecule is C=C(C(N)=O)[C@@H]1CCCCC(=O)Nc2cnccc2-c2ccnc1c2. The largest absolute Gasteiger partial charge is 0.366 e. The number of carbonyl (C=O) groups is 2. The third-order valence-electron chi connectivity index (χ3n) is 4.43. The van der Waals surface area contributed by atoms with Gasteiger partial charge in [-0.25, -0.2) is 0 Å². The summed E-state index contributed by atoms with van der Waals surface area (Å²) in [6, 6.07) is 5.63. The van der Waals surface area contributed by atoms with Crippen LogP contribution in [0.25, 0.3) is 11.1 Å². The summed E-state index contributed by atoms with van der Waals surface area (Å²) in [7, 11) is 0. The first-order valence-corrected chi connectivity index (χ1v) is 8.25. The van der Waals surface area contributed by atoms with E-state index in [-0.39, 0.29) is 11.8 Å². The standard InChI is InChI=1S/C19H20N4O2/c1-12(19(20)25)14-4-2-3-5-18(24)23-17-11-21-8-7-15(17)13-6-9-22-16(14)10-13/h6-11,14H,1-5H2,(H2,20,25)(H,23,24)/t14-/m0/s1. The first kappa shape index (κ1) is 16.8. The number of anilines is 1. The van der Waals surface area contributed by atoms with Crippen molar-refractivity contribution in [2.45, 2.75) is 31.6 Å². The summed E-state index contributed by atoms with van der Waals surface area (Å²) < 4.78 is 0. The van der Waals surface area contributed by atoms with Crippen LogP contribution in [-0.2, 0) is 9.59 Å². The van der Waals surface area contributed by atoms with E-state index >= 15 is 0 Å². The average molecular weight is 336 g/mol. The molecule has 0 fully saturated rings. The summed E-state index contributed by atoms with van der Waals surface area (Å²) in [5.74, 6) is -0.814. The predicted molar refractivity (Wildman–Crippen MR) is 95.6 cm³/mol. The number of hydrogen-bond donors (Lipinski definition) is 2. The van der Waals surface area contributed by atoms with E-state index in [9.17, 15) is 9.59 Å². The number of fused-ring (bicyclic) bond motifs is 4. The third-order valence-corrected chi connectivity index (χ3v) is 4.43. The van der Waals surface area contributed by atoms with Crippen LogP contribution in [0.3, 0.4) is 0 Å². The number of carbonyl (C=O) groups excluding carboxylic acids is 2. The van der Waals surface area contributed by atoms with E-state index in [0.717, 1.165) is 23.2 Å². The average Bonchev–Trinajstić information content (AvgIpc) is 2.61. The molecule has 0 aromatic carbocycles. The summed E-state index contributed by atoms with van der Waals surface area (Å²) >= 11 is 0. The van der Waals surface area contributed by atoms with Crippen LogP contribution in [0.2, 0.25) is 0 Å². The summed E-state index contributed by atoms with van der Waals surface area (Å²) in [4.78, 5) is 32.3. The molecule has 3 rings (SSSR count). The van der Waals surface area contributed by atoms with Crippen LogP contribution in [0.5, 0.6) is 0 Å². The highest BCUT2D eigenvalue weighted by Gasteiger charge is 2.22. The van der Waals surface area contributed by atoms with E-state index in [0.29, 0.717) is 30.5 Å². The number of hydrogen-bond acceptors (Lipinski definition) is 4. The lowest BCUT2D eigenvalue weighted by Gasteiger charge is -2.19. The molecule has 128 valence electrons. The minimum Gasteiger partial charge on any atom is -0.366 e. The molecule has 0 saturated heterocycles. The molecular formula is C19H20N4O2. The van der Waals surface area contributed by atoms with Gasteiger partial charge in [0.25, 0.3) is 0 Å². The van der Waals surface area contributed by atoms with Crippen LogP contribution in [0.15, 0.2) is 48.9 Å². The van der Waals surface area contributed by atoms with Crippen LogP contribution in [0.4, 0.5) is 5.69 Å². The fourth-order valence-corrected chi connectivity index (χ4v) is 3.07. The Kier molecular flexibility index (Phi) is 4.88. The van der Waals surface area contributed by atoms with Crippen LogP contribution in [0, 0.1) is 0 Å². The maximum absolute atomic E-state index is 12.2. The number of nitrogens with two attached hydrogens (primary N) is 1. The van der Waals surface area contributed by atoms with Crippen molar-refractivity contribution in [1.29, 1.82) is 0 Å². The van der Waals surface area contributed by atoms with Gasteiger partial charge in [0.05, 0.1) is 11.9 Å². The highest BCUT2D eigenvalue weighted by Crippen LogP contribution is 2.33. The monoisotopic (exact) mass is 336 g/mol. The Bertz CT molecular complexity index is 832. The zero-order valence-electron chi connectivity index (χ0n) is 13.9. The second kappa shape index (κ2) is 7.25. The Morgan fingerprint density at radius 1 is 1.28 bits per heavy atom. The molecule has 0 unspecified atom stereocenters. The number of nitrogens with zero attached hydrogens (tertiary/aromatic N) is 2. The van der Waals surface area contributed by atoms with Crippen molar-refractivity contribution >= 4 is 17.5 Å². The van der Waals surface area contributed by atoms with E-state index in [4.69, 9.17) is 5.73 Å². The molecule has 25 heavy (non-hydrogen) atoms. The van der Waals surface area contributed by atoms with Gasteiger partial charge < -0.3 is 11.1 Å². The summed E-state index contributed by atoms with van der Waals surface area (Å²) in [5.41, 5.74) is 8.97. The van der Waals surface area contributed by atoms with E-state index in [1.807, 2.05) is 18.2 Å². The molecule has 3 N–H and O–H groups in total. The van der Waals surface area contributed by atoms with Crippen LogP contribution in [-0.4, -0.2) is 21.8 Å². The molecular weight excluding hydrogens is 316 g/mol. The van der Waals surface area contributed by atoms with Crippen molar-refractivity contribution in [3.05, 3.63) is 54.6 Å². The number of amides is 2. The first-order chi connectivity index (χ1) is 12.1. The number of pyridine rings is 2. The van der Waals surface area contributed by atoms with E-state index in [1.165, 1.54) is 0 Å². The molecule has 0 aliphatic carbocycles. The molecule has 6 nitrogen and oxygen atoms in total. The molecule has 3 heterocycles. The van der Waals surface area contributed by atoms with Gasteiger partial charge in [-0.15, -0.1) is 0 Å². The van der Waals surface area contributed by atoms with Gasteiger partial charge in [-0.3, -0.25) is 19.6 Å². The van der Waals surface area contributed by atoms with Crippen LogP contribution < -0.4 is 11.1 Å². The summed E-state index contributed by atoms with van der Waals surface area (Å²) in [5, 5.41) is 2.93. The normalized spacial score (nSPS) is 17.4. The summed E-state index contributed by atoms with van der Waals surface area (Å²) in [6.45, 7) is 3.85. The van der Waals surface area contributed by atoms with Crippen molar-refractivity contribution in [2.75, 3.05) is 5.32 Å². The first-order valence-electron chi connectivity index (χ1n) is 8.25.